The Hall–Kier alpha value is -1.70. The SMILES string of the molecule is C=C(O)/C=C(\N)c1ccccc1. The lowest BCUT2D eigenvalue weighted by molar-refractivity contribution is 0.435. The number of hydrogen-bond donors (Lipinski definition) is 2. The molecule has 0 amide bonds. The molecule has 0 aromatic heterocycles. The van der Waals surface area contributed by atoms with Crippen molar-refractivity contribution in [2.45, 2.75) is 0 Å². The zero-order valence-electron chi connectivity index (χ0n) is 6.70. The third kappa shape index (κ3) is 2.16. The summed E-state index contributed by atoms with van der Waals surface area (Å²) < 4.78 is 0. The van der Waals surface area contributed by atoms with Crippen LogP contribution in [0.5, 0.6) is 0 Å². The predicted molar refractivity (Wildman–Crippen MR) is 50.4 cm³/mol. The van der Waals surface area contributed by atoms with Crippen LogP contribution in [0.1, 0.15) is 5.56 Å². The Balaban J connectivity index is 2.93. The Kier molecular flexibility index (Phi) is 2.53. The van der Waals surface area contributed by atoms with Crippen molar-refractivity contribution in [3.05, 3.63) is 54.3 Å². The van der Waals surface area contributed by atoms with Crippen LogP contribution >= 0.6 is 0 Å². The van der Waals surface area contributed by atoms with Gasteiger partial charge in [-0.2, -0.15) is 0 Å². The number of aliphatic hydroxyl groups is 1. The maximum absolute atomic E-state index is 8.83. The van der Waals surface area contributed by atoms with Gasteiger partial charge in [-0.15, -0.1) is 0 Å². The van der Waals surface area contributed by atoms with E-state index in [0.717, 1.165) is 5.56 Å². The van der Waals surface area contributed by atoms with E-state index in [2.05, 4.69) is 6.58 Å². The standard InChI is InChI=1S/C10H11NO/c1-8(12)7-10(11)9-5-3-2-4-6-9/h2-7,12H,1,11H2/b10-7-. The van der Waals surface area contributed by atoms with E-state index in [1.165, 1.54) is 6.08 Å². The van der Waals surface area contributed by atoms with Gasteiger partial charge in [0.15, 0.2) is 0 Å². The lowest BCUT2D eigenvalue weighted by Gasteiger charge is -1.99. The van der Waals surface area contributed by atoms with Gasteiger partial charge in [0.2, 0.25) is 0 Å². The van der Waals surface area contributed by atoms with Crippen molar-refractivity contribution < 1.29 is 5.11 Å². The molecule has 62 valence electrons. The normalized spacial score (nSPS) is 11.2. The second-order valence-corrected chi connectivity index (χ2v) is 2.46. The van der Waals surface area contributed by atoms with Crippen LogP contribution in [0.15, 0.2) is 48.7 Å². The summed E-state index contributed by atoms with van der Waals surface area (Å²) in [6, 6.07) is 9.42. The summed E-state index contributed by atoms with van der Waals surface area (Å²) in [5.74, 6) is -0.0312. The molecule has 0 aliphatic heterocycles. The van der Waals surface area contributed by atoms with Gasteiger partial charge in [-0.25, -0.2) is 0 Å². The molecule has 2 heteroatoms. The van der Waals surface area contributed by atoms with E-state index in [0.29, 0.717) is 5.70 Å². The molecular weight excluding hydrogens is 150 g/mol. The Morgan fingerprint density at radius 2 is 1.92 bits per heavy atom. The van der Waals surface area contributed by atoms with Crippen molar-refractivity contribution in [3.8, 4) is 0 Å². The van der Waals surface area contributed by atoms with Gasteiger partial charge in [0.05, 0.1) is 0 Å². The molecule has 1 aromatic carbocycles. The first-order chi connectivity index (χ1) is 5.70. The molecular formula is C10H11NO. The van der Waals surface area contributed by atoms with Gasteiger partial charge >= 0.3 is 0 Å². The highest BCUT2D eigenvalue weighted by Crippen LogP contribution is 2.08. The Morgan fingerprint density at radius 3 is 2.42 bits per heavy atom. The van der Waals surface area contributed by atoms with E-state index in [9.17, 15) is 0 Å². The second kappa shape index (κ2) is 3.62. The van der Waals surface area contributed by atoms with Crippen molar-refractivity contribution >= 4 is 5.70 Å². The highest BCUT2D eigenvalue weighted by Gasteiger charge is 1.93. The summed E-state index contributed by atoms with van der Waals surface area (Å²) in [6.45, 7) is 3.32. The Morgan fingerprint density at radius 1 is 1.33 bits per heavy atom. The molecule has 0 fully saturated rings. The van der Waals surface area contributed by atoms with E-state index in [4.69, 9.17) is 10.8 Å². The van der Waals surface area contributed by atoms with Crippen LogP contribution in [-0.2, 0) is 0 Å². The van der Waals surface area contributed by atoms with Crippen LogP contribution in [0.3, 0.4) is 0 Å². The summed E-state index contributed by atoms with van der Waals surface area (Å²) >= 11 is 0. The molecule has 3 N–H and O–H groups in total. The molecule has 0 aliphatic rings. The number of rotatable bonds is 2. The molecule has 0 spiro atoms. The van der Waals surface area contributed by atoms with Gasteiger partial charge in [0, 0.05) is 11.8 Å². The number of benzene rings is 1. The monoisotopic (exact) mass is 161 g/mol. The highest BCUT2D eigenvalue weighted by atomic mass is 16.3. The number of allylic oxidation sites excluding steroid dienone is 1. The van der Waals surface area contributed by atoms with Crippen molar-refractivity contribution in [3.63, 3.8) is 0 Å². The molecule has 0 aliphatic carbocycles. The minimum Gasteiger partial charge on any atom is -0.509 e. The fraction of sp³-hybridized carbons (Fsp3) is 0. The van der Waals surface area contributed by atoms with Crippen LogP contribution in [0.25, 0.3) is 5.70 Å². The zero-order valence-corrected chi connectivity index (χ0v) is 6.70. The molecule has 0 unspecified atom stereocenters. The summed E-state index contributed by atoms with van der Waals surface area (Å²) in [6.07, 6.45) is 1.43. The average Bonchev–Trinajstić information content (AvgIpc) is 2.05. The lowest BCUT2D eigenvalue weighted by atomic mass is 10.1. The van der Waals surface area contributed by atoms with E-state index < -0.39 is 0 Å². The van der Waals surface area contributed by atoms with Crippen LogP contribution in [0, 0.1) is 0 Å². The minimum atomic E-state index is -0.0312. The van der Waals surface area contributed by atoms with Crippen LogP contribution in [0.4, 0.5) is 0 Å². The van der Waals surface area contributed by atoms with Gasteiger partial charge in [0.1, 0.15) is 5.76 Å². The summed E-state index contributed by atoms with van der Waals surface area (Å²) in [5.41, 5.74) is 7.04. The van der Waals surface area contributed by atoms with Crippen molar-refractivity contribution in [1.82, 2.24) is 0 Å². The van der Waals surface area contributed by atoms with Crippen LogP contribution in [-0.4, -0.2) is 5.11 Å². The minimum absolute atomic E-state index is 0.0312. The molecule has 1 rings (SSSR count). The van der Waals surface area contributed by atoms with E-state index >= 15 is 0 Å². The van der Waals surface area contributed by atoms with E-state index in [1.807, 2.05) is 30.3 Å². The van der Waals surface area contributed by atoms with Gasteiger partial charge in [-0.3, -0.25) is 0 Å². The van der Waals surface area contributed by atoms with Gasteiger partial charge in [0.25, 0.3) is 0 Å². The first-order valence-corrected chi connectivity index (χ1v) is 3.60. The summed E-state index contributed by atoms with van der Waals surface area (Å²) in [7, 11) is 0. The first-order valence-electron chi connectivity index (χ1n) is 3.60. The molecule has 0 saturated carbocycles. The fourth-order valence-corrected chi connectivity index (χ4v) is 0.893. The molecule has 0 heterocycles. The molecule has 0 saturated heterocycles. The third-order valence-corrected chi connectivity index (χ3v) is 1.43. The predicted octanol–water partition coefficient (Wildman–Crippen LogP) is 2.06. The summed E-state index contributed by atoms with van der Waals surface area (Å²) in [5, 5.41) is 8.83. The molecule has 0 radical (unpaired) electrons. The van der Waals surface area contributed by atoms with E-state index in [1.54, 1.807) is 0 Å². The lowest BCUT2D eigenvalue weighted by Crippen LogP contribution is -1.95. The quantitative estimate of drug-likeness (QED) is 0.515. The topological polar surface area (TPSA) is 46.2 Å². The third-order valence-electron chi connectivity index (χ3n) is 1.43. The molecule has 1 aromatic rings. The Bertz CT molecular complexity index is 301. The maximum Gasteiger partial charge on any atom is 0.110 e. The summed E-state index contributed by atoms with van der Waals surface area (Å²) in [4.78, 5) is 0. The zero-order chi connectivity index (χ0) is 8.97. The highest BCUT2D eigenvalue weighted by molar-refractivity contribution is 5.64. The van der Waals surface area contributed by atoms with Gasteiger partial charge in [-0.1, -0.05) is 36.9 Å². The number of aliphatic hydroxyl groups excluding tert-OH is 1. The van der Waals surface area contributed by atoms with Crippen molar-refractivity contribution in [2.24, 2.45) is 5.73 Å². The molecule has 0 atom stereocenters. The number of nitrogens with two attached hydrogens (primary N) is 1. The van der Waals surface area contributed by atoms with Gasteiger partial charge < -0.3 is 10.8 Å². The van der Waals surface area contributed by atoms with Crippen molar-refractivity contribution in [2.75, 3.05) is 0 Å². The van der Waals surface area contributed by atoms with Crippen molar-refractivity contribution in [1.29, 1.82) is 0 Å². The van der Waals surface area contributed by atoms with Crippen LogP contribution < -0.4 is 5.73 Å². The largest absolute Gasteiger partial charge is 0.509 e. The fourth-order valence-electron chi connectivity index (χ4n) is 0.893. The average molecular weight is 161 g/mol. The second-order valence-electron chi connectivity index (χ2n) is 2.46. The molecule has 0 bridgehead atoms. The maximum atomic E-state index is 8.83. The first kappa shape index (κ1) is 8.40. The Labute approximate surface area is 71.6 Å². The van der Waals surface area contributed by atoms with E-state index in [-0.39, 0.29) is 5.76 Å². The molecule has 12 heavy (non-hydrogen) atoms. The number of hydrogen-bond acceptors (Lipinski definition) is 2. The van der Waals surface area contributed by atoms with Gasteiger partial charge in [-0.05, 0) is 5.56 Å². The van der Waals surface area contributed by atoms with Crippen LogP contribution in [0.2, 0.25) is 0 Å². The smallest absolute Gasteiger partial charge is 0.110 e. The molecule has 2 nitrogen and oxygen atoms in total.